The first-order valence-corrected chi connectivity index (χ1v) is 10.1. The SMILES string of the molecule is Cc1ccccc1-c1cccc(N(C)c2ccnc(NCCc3ccccc3)n2)n1. The molecule has 4 rings (SSSR count). The van der Waals surface area contributed by atoms with Gasteiger partial charge in [-0.15, -0.1) is 0 Å². The van der Waals surface area contributed by atoms with Gasteiger partial charge in [-0.1, -0.05) is 60.7 Å². The van der Waals surface area contributed by atoms with Crippen LogP contribution in [-0.4, -0.2) is 28.5 Å². The van der Waals surface area contributed by atoms with Gasteiger partial charge in [0.05, 0.1) is 5.69 Å². The van der Waals surface area contributed by atoms with E-state index < -0.39 is 0 Å². The summed E-state index contributed by atoms with van der Waals surface area (Å²) in [6.45, 7) is 2.88. The van der Waals surface area contributed by atoms with E-state index >= 15 is 0 Å². The monoisotopic (exact) mass is 395 g/mol. The third kappa shape index (κ3) is 4.63. The molecule has 0 fully saturated rings. The van der Waals surface area contributed by atoms with Crippen LogP contribution in [-0.2, 0) is 6.42 Å². The molecule has 4 aromatic rings. The minimum atomic E-state index is 0.616. The molecule has 0 spiro atoms. The van der Waals surface area contributed by atoms with E-state index in [1.807, 2.05) is 54.4 Å². The van der Waals surface area contributed by atoms with Gasteiger partial charge in [0.1, 0.15) is 11.6 Å². The van der Waals surface area contributed by atoms with Crippen LogP contribution in [0.1, 0.15) is 11.1 Å². The molecule has 0 saturated heterocycles. The summed E-state index contributed by atoms with van der Waals surface area (Å²) in [5.74, 6) is 2.25. The van der Waals surface area contributed by atoms with Crippen molar-refractivity contribution >= 4 is 17.6 Å². The number of benzene rings is 2. The molecule has 0 amide bonds. The van der Waals surface area contributed by atoms with E-state index in [1.54, 1.807) is 6.20 Å². The van der Waals surface area contributed by atoms with Gasteiger partial charge < -0.3 is 10.2 Å². The predicted molar refractivity (Wildman–Crippen MR) is 123 cm³/mol. The zero-order valence-corrected chi connectivity index (χ0v) is 17.3. The van der Waals surface area contributed by atoms with Crippen molar-refractivity contribution in [2.24, 2.45) is 0 Å². The molecule has 0 aliphatic carbocycles. The molecule has 5 nitrogen and oxygen atoms in total. The van der Waals surface area contributed by atoms with Gasteiger partial charge in [-0.3, -0.25) is 0 Å². The highest BCUT2D eigenvalue weighted by molar-refractivity contribution is 5.66. The van der Waals surface area contributed by atoms with Crippen LogP contribution in [0.25, 0.3) is 11.3 Å². The average molecular weight is 396 g/mol. The predicted octanol–water partition coefficient (Wildman–Crippen LogP) is 5.27. The van der Waals surface area contributed by atoms with Crippen LogP contribution in [0.5, 0.6) is 0 Å². The van der Waals surface area contributed by atoms with E-state index in [1.165, 1.54) is 11.1 Å². The van der Waals surface area contributed by atoms with Crippen LogP contribution >= 0.6 is 0 Å². The summed E-state index contributed by atoms with van der Waals surface area (Å²) in [6.07, 6.45) is 2.69. The van der Waals surface area contributed by atoms with Crippen molar-refractivity contribution in [3.05, 3.63) is 96.2 Å². The highest BCUT2D eigenvalue weighted by atomic mass is 15.2. The molecule has 2 aromatic heterocycles. The summed E-state index contributed by atoms with van der Waals surface area (Å²) in [4.78, 5) is 15.9. The molecular formula is C25H25N5. The zero-order valence-electron chi connectivity index (χ0n) is 17.3. The summed E-state index contributed by atoms with van der Waals surface area (Å²) in [6, 6.07) is 26.6. The van der Waals surface area contributed by atoms with Crippen LogP contribution in [0.15, 0.2) is 85.1 Å². The van der Waals surface area contributed by atoms with Gasteiger partial charge in [0, 0.05) is 25.4 Å². The molecule has 0 bridgehead atoms. The molecule has 1 N–H and O–H groups in total. The van der Waals surface area contributed by atoms with E-state index in [9.17, 15) is 0 Å². The minimum Gasteiger partial charge on any atom is -0.354 e. The standard InChI is InChI=1S/C25H25N5/c1-19-9-6-7-12-21(19)22-13-8-14-23(28-22)30(2)24-16-18-27-25(29-24)26-17-15-20-10-4-3-5-11-20/h3-14,16,18H,15,17H2,1-2H3,(H,26,27,29). The van der Waals surface area contributed by atoms with Crippen LogP contribution < -0.4 is 10.2 Å². The van der Waals surface area contributed by atoms with Gasteiger partial charge >= 0.3 is 0 Å². The van der Waals surface area contributed by atoms with Gasteiger partial charge in [0.25, 0.3) is 0 Å². The maximum atomic E-state index is 4.86. The second kappa shape index (κ2) is 9.18. The Morgan fingerprint density at radius 1 is 0.800 bits per heavy atom. The number of hydrogen-bond acceptors (Lipinski definition) is 5. The van der Waals surface area contributed by atoms with Gasteiger partial charge in [-0.05, 0) is 42.7 Å². The number of anilines is 3. The average Bonchev–Trinajstić information content (AvgIpc) is 2.80. The number of nitrogens with one attached hydrogen (secondary N) is 1. The maximum absolute atomic E-state index is 4.86. The Bertz CT molecular complexity index is 1110. The van der Waals surface area contributed by atoms with Crippen molar-refractivity contribution in [1.82, 2.24) is 15.0 Å². The Hall–Kier alpha value is -3.73. The summed E-state index contributed by atoms with van der Waals surface area (Å²) in [5.41, 5.74) is 4.58. The van der Waals surface area contributed by atoms with Crippen molar-refractivity contribution in [2.45, 2.75) is 13.3 Å². The van der Waals surface area contributed by atoms with Crippen LogP contribution in [0.3, 0.4) is 0 Å². The lowest BCUT2D eigenvalue weighted by Gasteiger charge is -2.19. The molecule has 2 aromatic carbocycles. The normalized spacial score (nSPS) is 10.6. The van der Waals surface area contributed by atoms with Crippen molar-refractivity contribution in [1.29, 1.82) is 0 Å². The summed E-state index contributed by atoms with van der Waals surface area (Å²) >= 11 is 0. The van der Waals surface area contributed by atoms with Crippen LogP contribution in [0, 0.1) is 6.92 Å². The van der Waals surface area contributed by atoms with Gasteiger partial charge in [-0.25, -0.2) is 9.97 Å². The molecule has 5 heteroatoms. The highest BCUT2D eigenvalue weighted by Gasteiger charge is 2.10. The smallest absolute Gasteiger partial charge is 0.224 e. The molecule has 0 aliphatic rings. The molecule has 0 aliphatic heterocycles. The van der Waals surface area contributed by atoms with E-state index in [4.69, 9.17) is 4.98 Å². The Morgan fingerprint density at radius 2 is 1.57 bits per heavy atom. The molecule has 150 valence electrons. The van der Waals surface area contributed by atoms with Crippen LogP contribution in [0.2, 0.25) is 0 Å². The first-order chi connectivity index (χ1) is 14.7. The molecule has 30 heavy (non-hydrogen) atoms. The van der Waals surface area contributed by atoms with Gasteiger partial charge in [0.15, 0.2) is 0 Å². The molecular weight excluding hydrogens is 370 g/mol. The molecule has 0 saturated carbocycles. The highest BCUT2D eigenvalue weighted by Crippen LogP contribution is 2.26. The van der Waals surface area contributed by atoms with Gasteiger partial charge in [0.2, 0.25) is 5.95 Å². The minimum absolute atomic E-state index is 0.616. The first kappa shape index (κ1) is 19.6. The molecule has 0 unspecified atom stereocenters. The summed E-state index contributed by atoms with van der Waals surface area (Å²) < 4.78 is 0. The number of nitrogens with zero attached hydrogens (tertiary/aromatic N) is 4. The fraction of sp³-hybridized carbons (Fsp3) is 0.160. The molecule has 2 heterocycles. The Kier molecular flexibility index (Phi) is 5.99. The van der Waals surface area contributed by atoms with Crippen molar-refractivity contribution < 1.29 is 0 Å². The largest absolute Gasteiger partial charge is 0.354 e. The molecule has 0 radical (unpaired) electrons. The van der Waals surface area contributed by atoms with E-state index in [0.717, 1.165) is 35.9 Å². The van der Waals surface area contributed by atoms with Crippen LogP contribution in [0.4, 0.5) is 17.6 Å². The van der Waals surface area contributed by atoms with Gasteiger partial charge in [-0.2, -0.15) is 4.98 Å². The number of rotatable bonds is 7. The zero-order chi connectivity index (χ0) is 20.8. The second-order valence-corrected chi connectivity index (χ2v) is 7.16. The third-order valence-corrected chi connectivity index (χ3v) is 5.02. The summed E-state index contributed by atoms with van der Waals surface area (Å²) in [5, 5.41) is 3.32. The van der Waals surface area contributed by atoms with E-state index in [-0.39, 0.29) is 0 Å². The second-order valence-electron chi connectivity index (χ2n) is 7.16. The third-order valence-electron chi connectivity index (χ3n) is 5.02. The number of aryl methyl sites for hydroxylation is 1. The summed E-state index contributed by atoms with van der Waals surface area (Å²) in [7, 11) is 1.97. The fourth-order valence-electron chi connectivity index (χ4n) is 3.32. The number of aromatic nitrogens is 3. The lowest BCUT2D eigenvalue weighted by atomic mass is 10.1. The molecule has 0 atom stereocenters. The Morgan fingerprint density at radius 3 is 2.40 bits per heavy atom. The lowest BCUT2D eigenvalue weighted by Crippen LogP contribution is -2.15. The van der Waals surface area contributed by atoms with E-state index in [0.29, 0.717) is 5.95 Å². The Labute approximate surface area is 177 Å². The number of hydrogen-bond donors (Lipinski definition) is 1. The topological polar surface area (TPSA) is 53.9 Å². The quantitative estimate of drug-likeness (QED) is 0.462. The van der Waals surface area contributed by atoms with Crippen molar-refractivity contribution in [3.63, 3.8) is 0 Å². The van der Waals surface area contributed by atoms with Crippen molar-refractivity contribution in [3.8, 4) is 11.3 Å². The fourth-order valence-corrected chi connectivity index (χ4v) is 3.32. The Balaban J connectivity index is 1.48. The first-order valence-electron chi connectivity index (χ1n) is 10.1. The maximum Gasteiger partial charge on any atom is 0.224 e. The van der Waals surface area contributed by atoms with Crippen molar-refractivity contribution in [2.75, 3.05) is 23.8 Å². The lowest BCUT2D eigenvalue weighted by molar-refractivity contribution is 0.973. The number of pyridine rings is 1. The van der Waals surface area contributed by atoms with E-state index in [2.05, 4.69) is 58.6 Å².